The van der Waals surface area contributed by atoms with E-state index in [1.807, 2.05) is 18.7 Å². The van der Waals surface area contributed by atoms with Gasteiger partial charge in [-0.3, -0.25) is 0 Å². The van der Waals surface area contributed by atoms with Crippen molar-refractivity contribution in [1.82, 2.24) is 4.98 Å². The van der Waals surface area contributed by atoms with Crippen LogP contribution in [0.5, 0.6) is 0 Å². The van der Waals surface area contributed by atoms with Crippen LogP contribution in [-0.4, -0.2) is 29.6 Å². The molecule has 0 saturated carbocycles. The van der Waals surface area contributed by atoms with E-state index in [9.17, 15) is 8.78 Å². The molecule has 0 spiro atoms. The normalized spacial score (nSPS) is 16.4. The molecular formula is C13H19F2N3S. The van der Waals surface area contributed by atoms with E-state index in [4.69, 9.17) is 0 Å². The highest BCUT2D eigenvalue weighted by Crippen LogP contribution is 2.24. The molecule has 2 heterocycles. The minimum Gasteiger partial charge on any atom is -0.368 e. The summed E-state index contributed by atoms with van der Waals surface area (Å²) in [6, 6.07) is 0.879. The molecule has 106 valence electrons. The van der Waals surface area contributed by atoms with Crippen molar-refractivity contribution < 1.29 is 8.78 Å². The lowest BCUT2D eigenvalue weighted by atomic mass is 10.0. The Morgan fingerprint density at radius 2 is 1.84 bits per heavy atom. The Hall–Kier alpha value is -1.04. The first-order valence-electron chi connectivity index (χ1n) is 6.62. The van der Waals surface area contributed by atoms with Crippen molar-refractivity contribution >= 4 is 23.4 Å². The fourth-order valence-corrected chi connectivity index (χ4v) is 3.28. The highest BCUT2D eigenvalue weighted by atomic mass is 32.2. The average molecular weight is 287 g/mol. The fraction of sp³-hybridized carbons (Fsp3) is 0.615. The molecule has 2 N–H and O–H groups in total. The van der Waals surface area contributed by atoms with Crippen molar-refractivity contribution in [1.29, 1.82) is 0 Å². The molecule has 19 heavy (non-hydrogen) atoms. The molecule has 0 radical (unpaired) electrons. The molecule has 1 aromatic rings. The standard InChI is InChI=1S/C13H19F2N3S/c1-2-16-12-10(14)7-11(15)13(18-12)17-8-9-3-5-19-6-4-9/h7,9H,2-6,8H2,1H3,(H2,16,17,18). The first kappa shape index (κ1) is 14.4. The predicted molar refractivity (Wildman–Crippen MR) is 76.9 cm³/mol. The Morgan fingerprint density at radius 1 is 1.21 bits per heavy atom. The SMILES string of the molecule is CCNc1nc(NCC2CCSCC2)c(F)cc1F. The molecule has 0 amide bonds. The Morgan fingerprint density at radius 3 is 2.47 bits per heavy atom. The van der Waals surface area contributed by atoms with Crippen molar-refractivity contribution in [3.8, 4) is 0 Å². The van der Waals surface area contributed by atoms with Crippen LogP contribution in [0.25, 0.3) is 0 Å². The van der Waals surface area contributed by atoms with Gasteiger partial charge in [0.2, 0.25) is 0 Å². The van der Waals surface area contributed by atoms with Crippen LogP contribution in [0.15, 0.2) is 6.07 Å². The Kier molecular flexibility index (Phi) is 5.24. The molecule has 2 rings (SSSR count). The van der Waals surface area contributed by atoms with Gasteiger partial charge >= 0.3 is 0 Å². The van der Waals surface area contributed by atoms with E-state index in [1.54, 1.807) is 0 Å². The Labute approximate surface area is 116 Å². The van der Waals surface area contributed by atoms with Crippen LogP contribution < -0.4 is 10.6 Å². The van der Waals surface area contributed by atoms with Crippen molar-refractivity contribution in [2.45, 2.75) is 19.8 Å². The zero-order chi connectivity index (χ0) is 13.7. The van der Waals surface area contributed by atoms with E-state index >= 15 is 0 Å². The second-order valence-electron chi connectivity index (χ2n) is 4.62. The molecule has 0 aliphatic carbocycles. The van der Waals surface area contributed by atoms with Gasteiger partial charge in [0.25, 0.3) is 0 Å². The molecule has 0 atom stereocenters. The van der Waals surface area contributed by atoms with Crippen LogP contribution in [0.1, 0.15) is 19.8 Å². The Bertz CT molecular complexity index is 423. The summed E-state index contributed by atoms with van der Waals surface area (Å²) in [5, 5.41) is 5.79. The predicted octanol–water partition coefficient (Wildman–Crippen LogP) is 3.35. The van der Waals surface area contributed by atoms with Crippen molar-refractivity contribution in [2.75, 3.05) is 35.2 Å². The van der Waals surface area contributed by atoms with Crippen LogP contribution in [-0.2, 0) is 0 Å². The zero-order valence-electron chi connectivity index (χ0n) is 11.0. The van der Waals surface area contributed by atoms with E-state index in [1.165, 1.54) is 0 Å². The number of hydrogen-bond acceptors (Lipinski definition) is 4. The van der Waals surface area contributed by atoms with Crippen LogP contribution in [0.3, 0.4) is 0 Å². The minimum atomic E-state index is -0.654. The highest BCUT2D eigenvalue weighted by molar-refractivity contribution is 7.99. The summed E-state index contributed by atoms with van der Waals surface area (Å²) in [4.78, 5) is 3.97. The van der Waals surface area contributed by atoms with E-state index < -0.39 is 11.6 Å². The van der Waals surface area contributed by atoms with Gasteiger partial charge in [0.05, 0.1) is 0 Å². The van der Waals surface area contributed by atoms with Gasteiger partial charge in [0.1, 0.15) is 0 Å². The molecule has 0 aromatic carbocycles. The molecule has 3 nitrogen and oxygen atoms in total. The van der Waals surface area contributed by atoms with Gasteiger partial charge in [-0.15, -0.1) is 0 Å². The lowest BCUT2D eigenvalue weighted by Crippen LogP contribution is -2.20. The summed E-state index contributed by atoms with van der Waals surface area (Å²) in [7, 11) is 0. The molecule has 1 saturated heterocycles. The maximum Gasteiger partial charge on any atom is 0.168 e. The average Bonchev–Trinajstić information content (AvgIpc) is 2.42. The highest BCUT2D eigenvalue weighted by Gasteiger charge is 2.16. The number of anilines is 2. The van der Waals surface area contributed by atoms with Gasteiger partial charge in [-0.25, -0.2) is 13.8 Å². The van der Waals surface area contributed by atoms with Gasteiger partial charge in [-0.05, 0) is 37.2 Å². The summed E-state index contributed by atoms with van der Waals surface area (Å²) in [6.45, 7) is 3.09. The third kappa shape index (κ3) is 3.96. The van der Waals surface area contributed by atoms with Crippen LogP contribution in [0.4, 0.5) is 20.4 Å². The molecule has 1 aromatic heterocycles. The summed E-state index contributed by atoms with van der Waals surface area (Å²) < 4.78 is 27.0. The van der Waals surface area contributed by atoms with Gasteiger partial charge in [0, 0.05) is 19.2 Å². The van der Waals surface area contributed by atoms with Gasteiger partial charge in [0.15, 0.2) is 23.3 Å². The molecule has 1 aliphatic heterocycles. The lowest BCUT2D eigenvalue weighted by molar-refractivity contribution is 0.512. The number of rotatable bonds is 5. The summed E-state index contributed by atoms with van der Waals surface area (Å²) in [5.41, 5.74) is 0. The van der Waals surface area contributed by atoms with Gasteiger partial charge < -0.3 is 10.6 Å². The fourth-order valence-electron chi connectivity index (χ4n) is 2.07. The number of nitrogens with zero attached hydrogens (tertiary/aromatic N) is 1. The van der Waals surface area contributed by atoms with Crippen molar-refractivity contribution in [3.63, 3.8) is 0 Å². The third-order valence-electron chi connectivity index (χ3n) is 3.17. The molecular weight excluding hydrogens is 268 g/mol. The quantitative estimate of drug-likeness (QED) is 0.871. The molecule has 1 aliphatic rings. The van der Waals surface area contributed by atoms with E-state index in [0.717, 1.165) is 30.4 Å². The number of hydrogen-bond donors (Lipinski definition) is 2. The summed E-state index contributed by atoms with van der Waals surface area (Å²) >= 11 is 1.96. The molecule has 0 bridgehead atoms. The first-order valence-corrected chi connectivity index (χ1v) is 7.77. The number of halogens is 2. The van der Waals surface area contributed by atoms with Crippen molar-refractivity contribution in [3.05, 3.63) is 17.7 Å². The molecule has 6 heteroatoms. The Balaban J connectivity index is 2.00. The first-order chi connectivity index (χ1) is 9.20. The van der Waals surface area contributed by atoms with E-state index in [-0.39, 0.29) is 11.6 Å². The minimum absolute atomic E-state index is 0.102. The topological polar surface area (TPSA) is 37.0 Å². The van der Waals surface area contributed by atoms with Gasteiger partial charge in [-0.2, -0.15) is 11.8 Å². The number of aromatic nitrogens is 1. The maximum atomic E-state index is 13.6. The summed E-state index contributed by atoms with van der Waals surface area (Å²) in [6.07, 6.45) is 2.28. The monoisotopic (exact) mass is 287 g/mol. The number of nitrogens with one attached hydrogen (secondary N) is 2. The summed E-state index contributed by atoms with van der Waals surface area (Å²) in [5.74, 6) is 1.82. The van der Waals surface area contributed by atoms with Crippen molar-refractivity contribution in [2.24, 2.45) is 5.92 Å². The van der Waals surface area contributed by atoms with Crippen LogP contribution >= 0.6 is 11.8 Å². The van der Waals surface area contributed by atoms with Gasteiger partial charge in [-0.1, -0.05) is 0 Å². The van der Waals surface area contributed by atoms with Crippen LogP contribution in [0.2, 0.25) is 0 Å². The largest absolute Gasteiger partial charge is 0.368 e. The van der Waals surface area contributed by atoms with E-state index in [0.29, 0.717) is 19.0 Å². The molecule has 0 unspecified atom stereocenters. The lowest BCUT2D eigenvalue weighted by Gasteiger charge is -2.22. The van der Waals surface area contributed by atoms with E-state index in [2.05, 4.69) is 15.6 Å². The second kappa shape index (κ2) is 6.93. The smallest absolute Gasteiger partial charge is 0.168 e. The molecule has 1 fully saturated rings. The maximum absolute atomic E-state index is 13.6. The third-order valence-corrected chi connectivity index (χ3v) is 4.22. The number of thioether (sulfide) groups is 1. The zero-order valence-corrected chi connectivity index (χ0v) is 11.8. The van der Waals surface area contributed by atoms with Crippen LogP contribution in [0, 0.1) is 17.6 Å². The second-order valence-corrected chi connectivity index (χ2v) is 5.84. The number of pyridine rings is 1.